The molecule has 0 aromatic heterocycles. The number of ether oxygens (including phenoxy) is 1. The van der Waals surface area contributed by atoms with Crippen LogP contribution in [-0.4, -0.2) is 24.3 Å². The molecular formula is C13H22O3. The van der Waals surface area contributed by atoms with E-state index in [-0.39, 0.29) is 5.92 Å². The second-order valence-corrected chi connectivity index (χ2v) is 5.77. The monoisotopic (exact) mass is 226 g/mol. The Labute approximate surface area is 97.2 Å². The van der Waals surface area contributed by atoms with Crippen molar-refractivity contribution in [1.82, 2.24) is 0 Å². The molecule has 16 heavy (non-hydrogen) atoms. The second-order valence-electron chi connectivity index (χ2n) is 5.77. The molecule has 1 saturated carbocycles. The van der Waals surface area contributed by atoms with Gasteiger partial charge in [0.05, 0.1) is 19.1 Å². The molecule has 2 fully saturated rings. The fourth-order valence-corrected chi connectivity index (χ4v) is 3.29. The van der Waals surface area contributed by atoms with Crippen LogP contribution >= 0.6 is 0 Å². The predicted molar refractivity (Wildman–Crippen MR) is 61.2 cm³/mol. The van der Waals surface area contributed by atoms with E-state index in [9.17, 15) is 4.79 Å². The maximum absolute atomic E-state index is 10.9. The van der Waals surface area contributed by atoms with Gasteiger partial charge in [0.1, 0.15) is 0 Å². The van der Waals surface area contributed by atoms with E-state index in [2.05, 4.69) is 13.8 Å². The molecule has 0 spiro atoms. The van der Waals surface area contributed by atoms with Crippen molar-refractivity contribution < 1.29 is 14.6 Å². The number of hydrogen-bond acceptors (Lipinski definition) is 2. The maximum Gasteiger partial charge on any atom is 0.306 e. The van der Waals surface area contributed by atoms with Gasteiger partial charge in [0.15, 0.2) is 0 Å². The highest BCUT2D eigenvalue weighted by Gasteiger charge is 2.48. The van der Waals surface area contributed by atoms with Crippen LogP contribution in [0, 0.1) is 23.2 Å². The molecule has 1 aliphatic heterocycles. The first kappa shape index (κ1) is 11.9. The van der Waals surface area contributed by atoms with Crippen LogP contribution in [0.25, 0.3) is 0 Å². The van der Waals surface area contributed by atoms with Crippen LogP contribution in [0.1, 0.15) is 39.5 Å². The zero-order chi connectivity index (χ0) is 11.8. The van der Waals surface area contributed by atoms with Gasteiger partial charge in [0, 0.05) is 5.41 Å². The fraction of sp³-hybridized carbons (Fsp3) is 0.923. The molecule has 0 atom stereocenters. The van der Waals surface area contributed by atoms with Gasteiger partial charge in [-0.15, -0.1) is 0 Å². The molecule has 3 heteroatoms. The minimum absolute atomic E-state index is 0.0959. The van der Waals surface area contributed by atoms with E-state index in [0.29, 0.717) is 17.3 Å². The van der Waals surface area contributed by atoms with Crippen LogP contribution in [0.3, 0.4) is 0 Å². The zero-order valence-corrected chi connectivity index (χ0v) is 10.2. The lowest BCUT2D eigenvalue weighted by atomic mass is 9.60. The van der Waals surface area contributed by atoms with Gasteiger partial charge in [-0.25, -0.2) is 0 Å². The van der Waals surface area contributed by atoms with E-state index in [1.54, 1.807) is 0 Å². The van der Waals surface area contributed by atoms with Crippen LogP contribution in [-0.2, 0) is 9.53 Å². The number of carbonyl (C=O) groups is 1. The Morgan fingerprint density at radius 3 is 2.12 bits per heavy atom. The van der Waals surface area contributed by atoms with E-state index in [0.717, 1.165) is 38.9 Å². The summed E-state index contributed by atoms with van der Waals surface area (Å²) < 4.78 is 5.41. The van der Waals surface area contributed by atoms with Gasteiger partial charge in [-0.2, -0.15) is 0 Å². The summed E-state index contributed by atoms with van der Waals surface area (Å²) in [6.45, 7) is 6.30. The maximum atomic E-state index is 10.9. The summed E-state index contributed by atoms with van der Waals surface area (Å²) in [4.78, 5) is 10.9. The first-order chi connectivity index (χ1) is 7.56. The standard InChI is InChI=1S/C13H22O3/c1-9(2)13(7-16-8-13)11-5-3-10(4-6-11)12(14)15/h9-11H,3-8H2,1-2H3,(H,14,15). The van der Waals surface area contributed by atoms with E-state index in [1.165, 1.54) is 0 Å². The van der Waals surface area contributed by atoms with Crippen molar-refractivity contribution in [3.63, 3.8) is 0 Å². The van der Waals surface area contributed by atoms with E-state index in [1.807, 2.05) is 0 Å². The first-order valence-electron chi connectivity index (χ1n) is 6.37. The smallest absolute Gasteiger partial charge is 0.306 e. The summed E-state index contributed by atoms with van der Waals surface area (Å²) in [5, 5.41) is 8.98. The largest absolute Gasteiger partial charge is 0.481 e. The van der Waals surface area contributed by atoms with Gasteiger partial charge in [0.25, 0.3) is 0 Å². The third-order valence-corrected chi connectivity index (χ3v) is 4.78. The predicted octanol–water partition coefficient (Wildman–Crippen LogP) is 2.55. The van der Waals surface area contributed by atoms with Crippen LogP contribution < -0.4 is 0 Å². The molecule has 0 amide bonds. The average Bonchev–Trinajstić information content (AvgIpc) is 2.16. The first-order valence-corrected chi connectivity index (χ1v) is 6.37. The van der Waals surface area contributed by atoms with Gasteiger partial charge < -0.3 is 9.84 Å². The molecule has 0 bridgehead atoms. The molecule has 1 saturated heterocycles. The molecule has 1 heterocycles. The van der Waals surface area contributed by atoms with Crippen molar-refractivity contribution in [2.24, 2.45) is 23.2 Å². The topological polar surface area (TPSA) is 46.5 Å². The van der Waals surface area contributed by atoms with Crippen LogP contribution in [0.2, 0.25) is 0 Å². The third kappa shape index (κ3) is 1.86. The summed E-state index contributed by atoms with van der Waals surface area (Å²) in [5.74, 6) is 0.618. The number of rotatable bonds is 3. The van der Waals surface area contributed by atoms with E-state index in [4.69, 9.17) is 9.84 Å². The lowest BCUT2D eigenvalue weighted by Gasteiger charge is -2.52. The highest BCUT2D eigenvalue weighted by molar-refractivity contribution is 5.70. The minimum atomic E-state index is -0.609. The van der Waals surface area contributed by atoms with Crippen LogP contribution in [0.4, 0.5) is 0 Å². The Hall–Kier alpha value is -0.570. The van der Waals surface area contributed by atoms with Crippen molar-refractivity contribution in [3.8, 4) is 0 Å². The Morgan fingerprint density at radius 1 is 1.25 bits per heavy atom. The van der Waals surface area contributed by atoms with Crippen molar-refractivity contribution in [2.75, 3.05) is 13.2 Å². The Morgan fingerprint density at radius 2 is 1.81 bits per heavy atom. The third-order valence-electron chi connectivity index (χ3n) is 4.78. The highest BCUT2D eigenvalue weighted by atomic mass is 16.5. The molecule has 0 unspecified atom stereocenters. The molecule has 0 aromatic carbocycles. The van der Waals surface area contributed by atoms with E-state index >= 15 is 0 Å². The molecule has 0 aromatic rings. The van der Waals surface area contributed by atoms with Crippen molar-refractivity contribution >= 4 is 5.97 Å². The lowest BCUT2D eigenvalue weighted by Crippen LogP contribution is -2.53. The Balaban J connectivity index is 1.95. The number of aliphatic carboxylic acids is 1. The molecule has 1 N–H and O–H groups in total. The van der Waals surface area contributed by atoms with Crippen LogP contribution in [0.15, 0.2) is 0 Å². The van der Waals surface area contributed by atoms with Gasteiger partial charge in [-0.05, 0) is 37.5 Å². The molecule has 3 nitrogen and oxygen atoms in total. The normalized spacial score (nSPS) is 33.4. The Bertz CT molecular complexity index is 260. The lowest BCUT2D eigenvalue weighted by molar-refractivity contribution is -0.181. The van der Waals surface area contributed by atoms with Gasteiger partial charge in [-0.3, -0.25) is 4.79 Å². The molecule has 2 aliphatic rings. The summed E-state index contributed by atoms with van der Waals surface area (Å²) in [7, 11) is 0. The molecule has 0 radical (unpaired) electrons. The molecule has 2 rings (SSSR count). The zero-order valence-electron chi connectivity index (χ0n) is 10.2. The number of carboxylic acid groups (broad SMARTS) is 1. The van der Waals surface area contributed by atoms with Gasteiger partial charge in [-0.1, -0.05) is 13.8 Å². The molecule has 92 valence electrons. The van der Waals surface area contributed by atoms with E-state index < -0.39 is 5.97 Å². The van der Waals surface area contributed by atoms with Crippen molar-refractivity contribution in [1.29, 1.82) is 0 Å². The van der Waals surface area contributed by atoms with Crippen molar-refractivity contribution in [2.45, 2.75) is 39.5 Å². The minimum Gasteiger partial charge on any atom is -0.481 e. The second kappa shape index (κ2) is 4.36. The average molecular weight is 226 g/mol. The SMILES string of the molecule is CC(C)C1(C2CCC(C(=O)O)CC2)COC1. The molecule has 1 aliphatic carbocycles. The van der Waals surface area contributed by atoms with Gasteiger partial charge in [0.2, 0.25) is 0 Å². The summed E-state index contributed by atoms with van der Waals surface area (Å²) in [6, 6.07) is 0. The highest BCUT2D eigenvalue weighted by Crippen LogP contribution is 2.49. The summed E-state index contributed by atoms with van der Waals surface area (Å²) in [6.07, 6.45) is 3.85. The quantitative estimate of drug-likeness (QED) is 0.804. The Kier molecular flexibility index (Phi) is 3.24. The number of carboxylic acids is 1. The van der Waals surface area contributed by atoms with Crippen molar-refractivity contribution in [3.05, 3.63) is 0 Å². The summed E-state index contributed by atoms with van der Waals surface area (Å²) >= 11 is 0. The van der Waals surface area contributed by atoms with Crippen LogP contribution in [0.5, 0.6) is 0 Å². The number of hydrogen-bond donors (Lipinski definition) is 1. The molecular weight excluding hydrogens is 204 g/mol. The van der Waals surface area contributed by atoms with Gasteiger partial charge >= 0.3 is 5.97 Å². The summed E-state index contributed by atoms with van der Waals surface area (Å²) in [5.41, 5.74) is 0.351. The fourth-order valence-electron chi connectivity index (χ4n) is 3.29.